The van der Waals surface area contributed by atoms with E-state index in [0.29, 0.717) is 12.6 Å². The van der Waals surface area contributed by atoms with Gasteiger partial charge in [0.25, 0.3) is 0 Å². The molecule has 1 aliphatic carbocycles. The lowest BCUT2D eigenvalue weighted by molar-refractivity contribution is -0.123. The maximum absolute atomic E-state index is 11.9. The maximum atomic E-state index is 11.9. The van der Waals surface area contributed by atoms with Gasteiger partial charge in [-0.05, 0) is 25.7 Å². The van der Waals surface area contributed by atoms with Gasteiger partial charge < -0.3 is 10.6 Å². The van der Waals surface area contributed by atoms with E-state index >= 15 is 0 Å². The second-order valence-corrected chi connectivity index (χ2v) is 5.83. The van der Waals surface area contributed by atoms with Crippen LogP contribution >= 0.6 is 0 Å². The summed E-state index contributed by atoms with van der Waals surface area (Å²) in [5.41, 5.74) is 0. The number of nitrogens with one attached hydrogen (secondary N) is 2. The molecular formula is C14H27N3O. The molecule has 0 bridgehead atoms. The summed E-state index contributed by atoms with van der Waals surface area (Å²) in [4.78, 5) is 14.2. The van der Waals surface area contributed by atoms with Crippen molar-refractivity contribution < 1.29 is 4.79 Å². The van der Waals surface area contributed by atoms with Gasteiger partial charge in [-0.3, -0.25) is 9.69 Å². The fraction of sp³-hybridized carbons (Fsp3) is 0.929. The van der Waals surface area contributed by atoms with Gasteiger partial charge in [-0.1, -0.05) is 19.3 Å². The highest BCUT2D eigenvalue weighted by atomic mass is 16.2. The molecule has 0 aromatic rings. The Morgan fingerprint density at radius 1 is 1.33 bits per heavy atom. The summed E-state index contributed by atoms with van der Waals surface area (Å²) in [6, 6.07) is 0.471. The van der Waals surface area contributed by atoms with Crippen LogP contribution in [-0.4, -0.2) is 49.6 Å². The lowest BCUT2D eigenvalue weighted by Gasteiger charge is -2.33. The van der Waals surface area contributed by atoms with Gasteiger partial charge in [0, 0.05) is 32.2 Å². The van der Waals surface area contributed by atoms with E-state index in [0.717, 1.165) is 32.1 Å². The number of hydrogen-bond acceptors (Lipinski definition) is 3. The van der Waals surface area contributed by atoms with E-state index in [9.17, 15) is 4.79 Å². The maximum Gasteiger partial charge on any atom is 0.234 e. The average molecular weight is 253 g/mol. The molecule has 1 amide bonds. The molecule has 0 radical (unpaired) electrons. The third kappa shape index (κ3) is 4.25. The van der Waals surface area contributed by atoms with Crippen LogP contribution in [-0.2, 0) is 4.79 Å². The minimum Gasteiger partial charge on any atom is -0.355 e. The van der Waals surface area contributed by atoms with Gasteiger partial charge in [-0.25, -0.2) is 0 Å². The number of rotatable bonds is 4. The SMILES string of the molecule is C[C@@H]1CNCCN1CC(=O)NCC1CCCCC1. The number of amides is 1. The van der Waals surface area contributed by atoms with Crippen molar-refractivity contribution in [3.05, 3.63) is 0 Å². The van der Waals surface area contributed by atoms with Crippen LogP contribution in [0.4, 0.5) is 0 Å². The Kier molecular flexibility index (Phi) is 5.45. The first kappa shape index (κ1) is 13.8. The summed E-state index contributed by atoms with van der Waals surface area (Å²) in [5.74, 6) is 0.928. The standard InChI is InChI=1S/C14H27N3O/c1-12-9-15-7-8-17(12)11-14(18)16-10-13-5-3-2-4-6-13/h12-13,15H,2-11H2,1H3,(H,16,18)/t12-/m1/s1. The molecule has 1 aliphatic heterocycles. The third-order valence-electron chi connectivity index (χ3n) is 4.30. The van der Waals surface area contributed by atoms with Crippen LogP contribution in [0.3, 0.4) is 0 Å². The van der Waals surface area contributed by atoms with Crippen LogP contribution < -0.4 is 10.6 Å². The first-order chi connectivity index (χ1) is 8.75. The molecule has 1 heterocycles. The molecular weight excluding hydrogens is 226 g/mol. The molecule has 4 nitrogen and oxygen atoms in total. The van der Waals surface area contributed by atoms with Crippen LogP contribution in [0.2, 0.25) is 0 Å². The van der Waals surface area contributed by atoms with E-state index in [2.05, 4.69) is 22.5 Å². The van der Waals surface area contributed by atoms with E-state index < -0.39 is 0 Å². The van der Waals surface area contributed by atoms with Crippen molar-refractivity contribution in [1.29, 1.82) is 0 Å². The Hall–Kier alpha value is -0.610. The van der Waals surface area contributed by atoms with E-state index in [1.54, 1.807) is 0 Å². The first-order valence-electron chi connectivity index (χ1n) is 7.47. The molecule has 1 saturated heterocycles. The highest BCUT2D eigenvalue weighted by molar-refractivity contribution is 5.78. The van der Waals surface area contributed by atoms with E-state index in [1.165, 1.54) is 32.1 Å². The predicted octanol–water partition coefficient (Wildman–Crippen LogP) is 0.977. The van der Waals surface area contributed by atoms with Crippen molar-refractivity contribution in [1.82, 2.24) is 15.5 Å². The molecule has 1 saturated carbocycles. The second-order valence-electron chi connectivity index (χ2n) is 5.83. The highest BCUT2D eigenvalue weighted by Crippen LogP contribution is 2.22. The topological polar surface area (TPSA) is 44.4 Å². The Balaban J connectivity index is 1.64. The molecule has 4 heteroatoms. The zero-order chi connectivity index (χ0) is 12.8. The monoisotopic (exact) mass is 253 g/mol. The fourth-order valence-corrected chi connectivity index (χ4v) is 3.01. The summed E-state index contributed by atoms with van der Waals surface area (Å²) in [7, 11) is 0. The Bertz CT molecular complexity index is 264. The average Bonchev–Trinajstić information content (AvgIpc) is 2.40. The lowest BCUT2D eigenvalue weighted by Crippen LogP contribution is -2.53. The molecule has 1 atom stereocenters. The van der Waals surface area contributed by atoms with Crippen molar-refractivity contribution in [3.8, 4) is 0 Å². The number of nitrogens with zero attached hydrogens (tertiary/aromatic N) is 1. The van der Waals surface area contributed by atoms with Crippen molar-refractivity contribution in [2.24, 2.45) is 5.92 Å². The molecule has 104 valence electrons. The van der Waals surface area contributed by atoms with Gasteiger partial charge in [0.1, 0.15) is 0 Å². The van der Waals surface area contributed by atoms with Gasteiger partial charge in [-0.15, -0.1) is 0 Å². The quantitative estimate of drug-likeness (QED) is 0.785. The molecule has 2 aliphatic rings. The molecule has 18 heavy (non-hydrogen) atoms. The molecule has 2 rings (SSSR count). The molecule has 0 aromatic carbocycles. The van der Waals surface area contributed by atoms with Gasteiger partial charge in [0.05, 0.1) is 6.54 Å². The highest BCUT2D eigenvalue weighted by Gasteiger charge is 2.20. The van der Waals surface area contributed by atoms with Gasteiger partial charge in [0.2, 0.25) is 5.91 Å². The molecule has 2 N–H and O–H groups in total. The minimum absolute atomic E-state index is 0.203. The van der Waals surface area contributed by atoms with Gasteiger partial charge in [0.15, 0.2) is 0 Å². The van der Waals surface area contributed by atoms with Crippen molar-refractivity contribution in [3.63, 3.8) is 0 Å². The molecule has 0 spiro atoms. The minimum atomic E-state index is 0.203. The van der Waals surface area contributed by atoms with Crippen molar-refractivity contribution >= 4 is 5.91 Å². The number of carbonyl (C=O) groups excluding carboxylic acids is 1. The first-order valence-corrected chi connectivity index (χ1v) is 7.47. The van der Waals surface area contributed by atoms with Crippen molar-refractivity contribution in [2.75, 3.05) is 32.7 Å². The molecule has 0 unspecified atom stereocenters. The smallest absolute Gasteiger partial charge is 0.234 e. The lowest BCUT2D eigenvalue weighted by atomic mass is 9.89. The van der Waals surface area contributed by atoms with Crippen LogP contribution in [0.15, 0.2) is 0 Å². The molecule has 2 fully saturated rings. The number of carbonyl (C=O) groups is 1. The fourth-order valence-electron chi connectivity index (χ4n) is 3.01. The van der Waals surface area contributed by atoms with Crippen LogP contribution in [0.1, 0.15) is 39.0 Å². The Morgan fingerprint density at radius 2 is 2.11 bits per heavy atom. The van der Waals surface area contributed by atoms with Gasteiger partial charge in [-0.2, -0.15) is 0 Å². The second kappa shape index (κ2) is 7.10. The summed E-state index contributed by atoms with van der Waals surface area (Å²) in [5, 5.41) is 6.47. The zero-order valence-electron chi connectivity index (χ0n) is 11.6. The molecule has 0 aromatic heterocycles. The summed E-state index contributed by atoms with van der Waals surface area (Å²) in [6.45, 7) is 6.61. The summed E-state index contributed by atoms with van der Waals surface area (Å²) < 4.78 is 0. The summed E-state index contributed by atoms with van der Waals surface area (Å²) in [6.07, 6.45) is 6.65. The Labute approximate surface area is 110 Å². The van der Waals surface area contributed by atoms with E-state index in [-0.39, 0.29) is 5.91 Å². The number of hydrogen-bond donors (Lipinski definition) is 2. The van der Waals surface area contributed by atoms with Crippen LogP contribution in [0, 0.1) is 5.92 Å². The van der Waals surface area contributed by atoms with Crippen LogP contribution in [0.25, 0.3) is 0 Å². The summed E-state index contributed by atoms with van der Waals surface area (Å²) >= 11 is 0. The Morgan fingerprint density at radius 3 is 2.83 bits per heavy atom. The van der Waals surface area contributed by atoms with Crippen LogP contribution in [0.5, 0.6) is 0 Å². The normalized spacial score (nSPS) is 27.1. The van der Waals surface area contributed by atoms with Crippen molar-refractivity contribution in [2.45, 2.75) is 45.1 Å². The zero-order valence-corrected chi connectivity index (χ0v) is 11.6. The van der Waals surface area contributed by atoms with Gasteiger partial charge >= 0.3 is 0 Å². The predicted molar refractivity (Wildman–Crippen MR) is 73.5 cm³/mol. The van der Waals surface area contributed by atoms with E-state index in [4.69, 9.17) is 0 Å². The van der Waals surface area contributed by atoms with E-state index in [1.807, 2.05) is 0 Å². The largest absolute Gasteiger partial charge is 0.355 e. The number of piperazine rings is 1. The third-order valence-corrected chi connectivity index (χ3v) is 4.30.